The van der Waals surface area contributed by atoms with E-state index in [1.165, 1.54) is 17.7 Å². The molecule has 26 heavy (non-hydrogen) atoms. The summed E-state index contributed by atoms with van der Waals surface area (Å²) in [5.41, 5.74) is 5.36. The van der Waals surface area contributed by atoms with Crippen LogP contribution >= 0.6 is 0 Å². The van der Waals surface area contributed by atoms with Crippen molar-refractivity contribution in [1.29, 1.82) is 0 Å². The first-order valence-corrected chi connectivity index (χ1v) is 8.68. The highest BCUT2D eigenvalue weighted by Crippen LogP contribution is 2.21. The number of rotatable bonds is 6. The number of aryl methyl sites for hydroxylation is 3. The number of benzene rings is 2. The number of hydrogen-bond donors (Lipinski definition) is 2. The summed E-state index contributed by atoms with van der Waals surface area (Å²) in [5.74, 6) is 1.13. The number of nitrogens with one attached hydrogen (secondary N) is 2. The maximum absolute atomic E-state index is 13.0. The summed E-state index contributed by atoms with van der Waals surface area (Å²) < 4.78 is 13.0. The summed E-state index contributed by atoms with van der Waals surface area (Å²) in [4.78, 5) is 8.99. The van der Waals surface area contributed by atoms with Crippen LogP contribution < -0.4 is 10.6 Å². The fourth-order valence-corrected chi connectivity index (χ4v) is 2.69. The van der Waals surface area contributed by atoms with Crippen LogP contribution in [0, 0.1) is 26.6 Å². The molecule has 0 saturated carbocycles. The monoisotopic (exact) mass is 350 g/mol. The zero-order chi connectivity index (χ0) is 18.5. The minimum absolute atomic E-state index is 0.217. The van der Waals surface area contributed by atoms with Gasteiger partial charge in [0.25, 0.3) is 0 Å². The minimum Gasteiger partial charge on any atom is -0.354 e. The maximum Gasteiger partial charge on any atom is 0.224 e. The number of hydrogen-bond acceptors (Lipinski definition) is 4. The van der Waals surface area contributed by atoms with E-state index < -0.39 is 0 Å². The molecule has 0 aliphatic heterocycles. The average Bonchev–Trinajstić information content (AvgIpc) is 2.59. The lowest BCUT2D eigenvalue weighted by Gasteiger charge is -2.12. The molecular weight excluding hydrogens is 327 g/mol. The van der Waals surface area contributed by atoms with E-state index in [1.54, 1.807) is 12.1 Å². The van der Waals surface area contributed by atoms with Crippen molar-refractivity contribution in [1.82, 2.24) is 9.97 Å². The summed E-state index contributed by atoms with van der Waals surface area (Å²) in [7, 11) is 0. The van der Waals surface area contributed by atoms with E-state index in [2.05, 4.69) is 52.6 Å². The third-order valence-corrected chi connectivity index (χ3v) is 4.12. The molecule has 0 radical (unpaired) electrons. The molecule has 3 rings (SSSR count). The van der Waals surface area contributed by atoms with Gasteiger partial charge in [-0.25, -0.2) is 9.37 Å². The molecule has 0 spiro atoms. The molecule has 0 bridgehead atoms. The van der Waals surface area contributed by atoms with Crippen molar-refractivity contribution >= 4 is 17.5 Å². The largest absolute Gasteiger partial charge is 0.354 e. The molecule has 0 amide bonds. The van der Waals surface area contributed by atoms with Crippen molar-refractivity contribution in [3.05, 3.63) is 76.7 Å². The Bertz CT molecular complexity index is 891. The van der Waals surface area contributed by atoms with Gasteiger partial charge in [0.1, 0.15) is 11.6 Å². The van der Waals surface area contributed by atoms with Gasteiger partial charge in [0.2, 0.25) is 5.95 Å². The van der Waals surface area contributed by atoms with Crippen LogP contribution in [0.25, 0.3) is 0 Å². The number of aromatic nitrogens is 2. The number of anilines is 3. The topological polar surface area (TPSA) is 49.8 Å². The van der Waals surface area contributed by atoms with Crippen LogP contribution in [0.2, 0.25) is 0 Å². The highest BCUT2D eigenvalue weighted by Gasteiger charge is 2.05. The van der Waals surface area contributed by atoms with Crippen molar-refractivity contribution < 1.29 is 4.39 Å². The molecule has 4 nitrogen and oxygen atoms in total. The molecule has 3 aromatic rings. The van der Waals surface area contributed by atoms with Crippen molar-refractivity contribution in [2.75, 3.05) is 17.2 Å². The lowest BCUT2D eigenvalue weighted by atomic mass is 10.1. The van der Waals surface area contributed by atoms with Crippen LogP contribution in [0.1, 0.15) is 22.4 Å². The molecule has 2 aromatic carbocycles. The molecule has 2 N–H and O–H groups in total. The Morgan fingerprint density at radius 1 is 0.923 bits per heavy atom. The van der Waals surface area contributed by atoms with Crippen LogP contribution in [-0.4, -0.2) is 16.5 Å². The second-order valence-electron chi connectivity index (χ2n) is 6.46. The fourth-order valence-electron chi connectivity index (χ4n) is 2.69. The molecule has 0 aliphatic rings. The van der Waals surface area contributed by atoms with Crippen LogP contribution in [0.4, 0.5) is 21.8 Å². The molecule has 0 atom stereocenters. The Balaban J connectivity index is 1.67. The van der Waals surface area contributed by atoms with E-state index in [4.69, 9.17) is 0 Å². The normalized spacial score (nSPS) is 10.6. The van der Waals surface area contributed by atoms with Gasteiger partial charge in [-0.2, -0.15) is 4.98 Å². The predicted octanol–water partition coefficient (Wildman–Crippen LogP) is 4.94. The van der Waals surface area contributed by atoms with Crippen LogP contribution in [-0.2, 0) is 6.42 Å². The Morgan fingerprint density at radius 3 is 2.46 bits per heavy atom. The Hall–Kier alpha value is -2.95. The highest BCUT2D eigenvalue weighted by molar-refractivity contribution is 5.62. The first-order chi connectivity index (χ1) is 12.5. The highest BCUT2D eigenvalue weighted by atomic mass is 19.1. The maximum atomic E-state index is 13.0. The van der Waals surface area contributed by atoms with Gasteiger partial charge >= 0.3 is 0 Å². The zero-order valence-corrected chi connectivity index (χ0v) is 15.3. The lowest BCUT2D eigenvalue weighted by Crippen LogP contribution is -2.10. The Labute approximate surface area is 153 Å². The van der Waals surface area contributed by atoms with Gasteiger partial charge < -0.3 is 10.6 Å². The van der Waals surface area contributed by atoms with Crippen LogP contribution in [0.5, 0.6) is 0 Å². The molecule has 1 aromatic heterocycles. The standard InChI is InChI=1S/C21H23FN4/c1-14-4-5-15(2)19(12-14)25-20-13-16(3)24-21(26-20)23-11-10-17-6-8-18(22)9-7-17/h4-9,12-13H,10-11H2,1-3H3,(H2,23,24,25,26). The van der Waals surface area contributed by atoms with Gasteiger partial charge in [-0.15, -0.1) is 0 Å². The van der Waals surface area contributed by atoms with Gasteiger partial charge in [0.05, 0.1) is 0 Å². The fraction of sp³-hybridized carbons (Fsp3) is 0.238. The van der Waals surface area contributed by atoms with Gasteiger partial charge in [0.15, 0.2) is 0 Å². The van der Waals surface area contributed by atoms with Crippen molar-refractivity contribution in [3.63, 3.8) is 0 Å². The average molecular weight is 350 g/mol. The molecule has 0 unspecified atom stereocenters. The molecule has 0 fully saturated rings. The smallest absolute Gasteiger partial charge is 0.224 e. The third kappa shape index (κ3) is 4.79. The summed E-state index contributed by atoms with van der Waals surface area (Å²) in [6.45, 7) is 6.76. The van der Waals surface area contributed by atoms with E-state index >= 15 is 0 Å². The molecular formula is C21H23FN4. The van der Waals surface area contributed by atoms with Gasteiger partial charge in [0, 0.05) is 24.0 Å². The van der Waals surface area contributed by atoms with Crippen molar-refractivity contribution in [2.24, 2.45) is 0 Å². The third-order valence-electron chi connectivity index (χ3n) is 4.12. The Kier molecular flexibility index (Phi) is 5.46. The first-order valence-electron chi connectivity index (χ1n) is 8.68. The minimum atomic E-state index is -0.217. The van der Waals surface area contributed by atoms with Gasteiger partial charge in [-0.3, -0.25) is 0 Å². The second-order valence-corrected chi connectivity index (χ2v) is 6.46. The molecule has 0 aliphatic carbocycles. The van der Waals surface area contributed by atoms with Gasteiger partial charge in [-0.05, 0) is 62.1 Å². The van der Waals surface area contributed by atoms with E-state index in [1.807, 2.05) is 13.0 Å². The summed E-state index contributed by atoms with van der Waals surface area (Å²) in [6.07, 6.45) is 0.775. The Morgan fingerprint density at radius 2 is 1.69 bits per heavy atom. The van der Waals surface area contributed by atoms with Gasteiger partial charge in [-0.1, -0.05) is 24.3 Å². The molecule has 5 heteroatoms. The van der Waals surface area contributed by atoms with E-state index in [0.717, 1.165) is 34.7 Å². The number of halogens is 1. The zero-order valence-electron chi connectivity index (χ0n) is 15.3. The summed E-state index contributed by atoms with van der Waals surface area (Å²) in [6, 6.07) is 14.8. The first kappa shape index (κ1) is 17.9. The van der Waals surface area contributed by atoms with Crippen molar-refractivity contribution in [3.8, 4) is 0 Å². The van der Waals surface area contributed by atoms with E-state index in [9.17, 15) is 4.39 Å². The quantitative estimate of drug-likeness (QED) is 0.661. The molecule has 134 valence electrons. The SMILES string of the molecule is Cc1ccc(C)c(Nc2cc(C)nc(NCCc3ccc(F)cc3)n2)c1. The molecule has 0 saturated heterocycles. The summed E-state index contributed by atoms with van der Waals surface area (Å²) >= 11 is 0. The summed E-state index contributed by atoms with van der Waals surface area (Å²) in [5, 5.41) is 6.62. The second kappa shape index (κ2) is 7.95. The van der Waals surface area contributed by atoms with Crippen LogP contribution in [0.15, 0.2) is 48.5 Å². The molecule has 1 heterocycles. The number of nitrogens with zero attached hydrogens (tertiary/aromatic N) is 2. The van der Waals surface area contributed by atoms with Crippen LogP contribution in [0.3, 0.4) is 0 Å². The lowest BCUT2D eigenvalue weighted by molar-refractivity contribution is 0.627. The van der Waals surface area contributed by atoms with E-state index in [-0.39, 0.29) is 5.82 Å². The van der Waals surface area contributed by atoms with Crippen molar-refractivity contribution in [2.45, 2.75) is 27.2 Å². The predicted molar refractivity (Wildman–Crippen MR) is 105 cm³/mol. The van der Waals surface area contributed by atoms with E-state index in [0.29, 0.717) is 12.5 Å².